The second-order valence-corrected chi connectivity index (χ2v) is 6.55. The maximum Gasteiger partial charge on any atom is 0.240 e. The third-order valence-electron chi connectivity index (χ3n) is 3.21. The van der Waals surface area contributed by atoms with Crippen molar-refractivity contribution in [2.75, 3.05) is 6.54 Å². The summed E-state index contributed by atoms with van der Waals surface area (Å²) in [4.78, 5) is 4.29. The zero-order valence-corrected chi connectivity index (χ0v) is 12.7. The number of aromatic nitrogens is 1. The molecule has 0 aliphatic rings. The Morgan fingerprint density at radius 1 is 1.24 bits per heavy atom. The fourth-order valence-corrected chi connectivity index (χ4v) is 3.34. The third-order valence-corrected chi connectivity index (χ3v) is 4.81. The van der Waals surface area contributed by atoms with Crippen molar-refractivity contribution in [3.63, 3.8) is 0 Å². The third kappa shape index (κ3) is 4.10. The highest BCUT2D eigenvalue weighted by Crippen LogP contribution is 2.16. The summed E-state index contributed by atoms with van der Waals surface area (Å²) in [6.45, 7) is 2.43. The van der Waals surface area contributed by atoms with E-state index in [0.717, 1.165) is 11.1 Å². The van der Waals surface area contributed by atoms with Crippen LogP contribution >= 0.6 is 0 Å². The smallest absolute Gasteiger partial charge is 0.240 e. The van der Waals surface area contributed by atoms with Gasteiger partial charge in [-0.1, -0.05) is 18.2 Å². The lowest BCUT2D eigenvalue weighted by Gasteiger charge is -2.10. The van der Waals surface area contributed by atoms with Crippen LogP contribution in [-0.4, -0.2) is 19.9 Å². The molecule has 0 saturated carbocycles. The molecule has 0 amide bonds. The fourth-order valence-electron chi connectivity index (χ4n) is 2.01. The van der Waals surface area contributed by atoms with E-state index in [1.54, 1.807) is 31.5 Å². The Labute approximate surface area is 125 Å². The molecule has 0 fully saturated rings. The number of hydrogen-bond acceptors (Lipinski definition) is 4. The Bertz CT molecular complexity index is 700. The summed E-state index contributed by atoms with van der Waals surface area (Å²) in [5, 5.41) is 0. The number of hydrogen-bond donors (Lipinski definition) is 2. The molecule has 0 bridgehead atoms. The number of pyridine rings is 1. The van der Waals surface area contributed by atoms with E-state index < -0.39 is 10.0 Å². The number of nitrogens with one attached hydrogen (secondary N) is 1. The van der Waals surface area contributed by atoms with Crippen LogP contribution in [0.3, 0.4) is 0 Å². The zero-order chi connectivity index (χ0) is 15.3. The summed E-state index contributed by atoms with van der Waals surface area (Å²) in [7, 11) is -3.52. The average molecular weight is 305 g/mol. The molecule has 0 saturated heterocycles. The molecule has 0 unspecified atom stereocenters. The molecule has 0 aliphatic carbocycles. The summed E-state index contributed by atoms with van der Waals surface area (Å²) in [6.07, 6.45) is 4.02. The maximum absolute atomic E-state index is 12.3. The van der Waals surface area contributed by atoms with Crippen LogP contribution in [0, 0.1) is 6.92 Å². The average Bonchev–Trinajstić information content (AvgIpc) is 2.48. The van der Waals surface area contributed by atoms with Crippen LogP contribution in [0.2, 0.25) is 0 Å². The highest BCUT2D eigenvalue weighted by atomic mass is 32.2. The van der Waals surface area contributed by atoms with Gasteiger partial charge in [0.1, 0.15) is 0 Å². The molecular weight excluding hydrogens is 286 g/mol. The molecular formula is C15H19N3O2S. The predicted molar refractivity (Wildman–Crippen MR) is 82.2 cm³/mol. The molecule has 2 rings (SSSR count). The quantitative estimate of drug-likeness (QED) is 0.844. The van der Waals surface area contributed by atoms with E-state index >= 15 is 0 Å². The van der Waals surface area contributed by atoms with Crippen molar-refractivity contribution >= 4 is 10.0 Å². The van der Waals surface area contributed by atoms with Crippen LogP contribution in [0.4, 0.5) is 0 Å². The van der Waals surface area contributed by atoms with Crippen LogP contribution in [0.1, 0.15) is 16.7 Å². The number of nitrogens with zero attached hydrogens (tertiary/aromatic N) is 1. The molecule has 1 aromatic carbocycles. The Balaban J connectivity index is 2.08. The lowest BCUT2D eigenvalue weighted by Crippen LogP contribution is -2.26. The van der Waals surface area contributed by atoms with Gasteiger partial charge in [-0.2, -0.15) is 0 Å². The van der Waals surface area contributed by atoms with E-state index in [1.165, 1.54) is 0 Å². The standard InChI is InChI=1S/C15H19N3O2S/c1-12-4-5-14(10-16)9-15(12)21(19,20)18-8-6-13-3-2-7-17-11-13/h2-5,7,9,11,18H,6,8,10,16H2,1H3. The molecule has 2 aromatic rings. The van der Waals surface area contributed by atoms with Gasteiger partial charge in [-0.15, -0.1) is 0 Å². The minimum absolute atomic E-state index is 0.289. The topological polar surface area (TPSA) is 85.1 Å². The first-order valence-electron chi connectivity index (χ1n) is 6.71. The minimum Gasteiger partial charge on any atom is -0.326 e. The predicted octanol–water partition coefficient (Wildman–Crippen LogP) is 1.37. The van der Waals surface area contributed by atoms with Gasteiger partial charge in [0.15, 0.2) is 0 Å². The molecule has 3 N–H and O–H groups in total. The van der Waals surface area contributed by atoms with Crippen molar-refractivity contribution < 1.29 is 8.42 Å². The van der Waals surface area contributed by atoms with Gasteiger partial charge < -0.3 is 5.73 Å². The number of benzene rings is 1. The maximum atomic E-state index is 12.3. The van der Waals surface area contributed by atoms with E-state index in [-0.39, 0.29) is 4.90 Å². The molecule has 0 aliphatic heterocycles. The van der Waals surface area contributed by atoms with E-state index in [0.29, 0.717) is 25.1 Å². The lowest BCUT2D eigenvalue weighted by molar-refractivity contribution is 0.581. The highest BCUT2D eigenvalue weighted by molar-refractivity contribution is 7.89. The molecule has 112 valence electrons. The van der Waals surface area contributed by atoms with Gasteiger partial charge >= 0.3 is 0 Å². The van der Waals surface area contributed by atoms with Crippen molar-refractivity contribution in [3.05, 3.63) is 59.4 Å². The second kappa shape index (κ2) is 6.80. The Kier molecular flexibility index (Phi) is 5.06. The summed E-state index contributed by atoms with van der Waals surface area (Å²) in [5.74, 6) is 0. The summed E-state index contributed by atoms with van der Waals surface area (Å²) >= 11 is 0. The molecule has 1 aromatic heterocycles. The van der Waals surface area contributed by atoms with Gasteiger partial charge in [0.2, 0.25) is 10.0 Å². The van der Waals surface area contributed by atoms with E-state index in [2.05, 4.69) is 9.71 Å². The van der Waals surface area contributed by atoms with Crippen molar-refractivity contribution in [3.8, 4) is 0 Å². The molecule has 6 heteroatoms. The first kappa shape index (κ1) is 15.6. The largest absolute Gasteiger partial charge is 0.326 e. The summed E-state index contributed by atoms with van der Waals surface area (Å²) in [5.41, 5.74) is 8.07. The molecule has 0 atom stereocenters. The number of aryl methyl sites for hydroxylation is 1. The first-order chi connectivity index (χ1) is 10.0. The van der Waals surface area contributed by atoms with Crippen LogP contribution in [0.15, 0.2) is 47.6 Å². The first-order valence-corrected chi connectivity index (χ1v) is 8.19. The number of sulfonamides is 1. The highest BCUT2D eigenvalue weighted by Gasteiger charge is 2.16. The van der Waals surface area contributed by atoms with Crippen molar-refractivity contribution in [2.45, 2.75) is 24.8 Å². The van der Waals surface area contributed by atoms with E-state index in [1.807, 2.05) is 18.2 Å². The molecule has 1 heterocycles. The van der Waals surface area contributed by atoms with Crippen LogP contribution < -0.4 is 10.5 Å². The van der Waals surface area contributed by atoms with Crippen LogP contribution in [0.5, 0.6) is 0 Å². The molecule has 0 spiro atoms. The second-order valence-electron chi connectivity index (χ2n) is 4.81. The van der Waals surface area contributed by atoms with Crippen LogP contribution in [0.25, 0.3) is 0 Å². The molecule has 5 nitrogen and oxygen atoms in total. The molecule has 21 heavy (non-hydrogen) atoms. The lowest BCUT2D eigenvalue weighted by atomic mass is 10.1. The Morgan fingerprint density at radius 3 is 2.71 bits per heavy atom. The number of nitrogens with two attached hydrogens (primary N) is 1. The van der Waals surface area contributed by atoms with Crippen molar-refractivity contribution in [1.82, 2.24) is 9.71 Å². The van der Waals surface area contributed by atoms with Gasteiger partial charge in [-0.05, 0) is 42.2 Å². The van der Waals surface area contributed by atoms with Gasteiger partial charge in [-0.3, -0.25) is 4.98 Å². The van der Waals surface area contributed by atoms with Gasteiger partial charge in [0.25, 0.3) is 0 Å². The van der Waals surface area contributed by atoms with E-state index in [9.17, 15) is 8.42 Å². The summed E-state index contributed by atoms with van der Waals surface area (Å²) in [6, 6.07) is 8.99. The summed E-state index contributed by atoms with van der Waals surface area (Å²) < 4.78 is 27.3. The van der Waals surface area contributed by atoms with Crippen molar-refractivity contribution in [1.29, 1.82) is 0 Å². The Morgan fingerprint density at radius 2 is 2.05 bits per heavy atom. The normalized spacial score (nSPS) is 11.5. The van der Waals surface area contributed by atoms with Gasteiger partial charge in [-0.25, -0.2) is 13.1 Å². The van der Waals surface area contributed by atoms with Crippen molar-refractivity contribution in [2.24, 2.45) is 5.73 Å². The minimum atomic E-state index is -3.52. The fraction of sp³-hybridized carbons (Fsp3) is 0.267. The van der Waals surface area contributed by atoms with Gasteiger partial charge in [0.05, 0.1) is 4.90 Å². The van der Waals surface area contributed by atoms with E-state index in [4.69, 9.17) is 5.73 Å². The SMILES string of the molecule is Cc1ccc(CN)cc1S(=O)(=O)NCCc1cccnc1. The Hall–Kier alpha value is -1.76. The van der Waals surface area contributed by atoms with Gasteiger partial charge in [0, 0.05) is 25.5 Å². The molecule has 0 radical (unpaired) electrons. The monoisotopic (exact) mass is 305 g/mol. The zero-order valence-electron chi connectivity index (χ0n) is 11.9. The van der Waals surface area contributed by atoms with Crippen LogP contribution in [-0.2, 0) is 23.0 Å². The number of rotatable bonds is 6.